The van der Waals surface area contributed by atoms with Crippen LogP contribution >= 0.6 is 0 Å². The number of phenols is 1. The minimum Gasteiger partial charge on any atom is -0.508 e. The van der Waals surface area contributed by atoms with Gasteiger partial charge in [0.2, 0.25) is 0 Å². The van der Waals surface area contributed by atoms with Gasteiger partial charge in [0.25, 0.3) is 0 Å². The molecule has 5 nitrogen and oxygen atoms in total. The zero-order valence-electron chi connectivity index (χ0n) is 41.2. The van der Waals surface area contributed by atoms with Gasteiger partial charge in [-0.1, -0.05) is 167 Å². The molecule has 0 saturated heterocycles. The number of allylic oxidation sites excluding steroid dienone is 3. The van der Waals surface area contributed by atoms with Crippen molar-refractivity contribution in [2.45, 2.75) is 228 Å². The molecule has 3 atom stereocenters. The fraction of sp³-hybridized carbons (Fsp3) is 0.696. The van der Waals surface area contributed by atoms with Crippen molar-refractivity contribution in [1.82, 2.24) is 0 Å². The van der Waals surface area contributed by atoms with E-state index in [4.69, 9.17) is 14.6 Å². The van der Waals surface area contributed by atoms with Gasteiger partial charge in [-0.3, -0.25) is 4.79 Å². The Morgan fingerprint density at radius 2 is 1.31 bits per heavy atom. The second-order valence-electron chi connectivity index (χ2n) is 19.0. The van der Waals surface area contributed by atoms with Crippen molar-refractivity contribution in [3.63, 3.8) is 0 Å². The van der Waals surface area contributed by atoms with Gasteiger partial charge in [0.05, 0.1) is 7.11 Å². The molecule has 0 spiro atoms. The predicted octanol–water partition coefficient (Wildman–Crippen LogP) is 17.4. The monoisotopic (exact) mass is 847 g/mol. The number of rotatable bonds is 29. The number of hydrogen-bond donors (Lipinski definition) is 2. The molecule has 1 aliphatic rings. The highest BCUT2D eigenvalue weighted by Gasteiger charge is 2.33. The van der Waals surface area contributed by atoms with Crippen LogP contribution in [0.3, 0.4) is 0 Å². The summed E-state index contributed by atoms with van der Waals surface area (Å²) in [5.74, 6) is 4.20. The molecule has 0 radical (unpaired) electrons. The van der Waals surface area contributed by atoms with Crippen LogP contribution in [-0.4, -0.2) is 28.9 Å². The van der Waals surface area contributed by atoms with Crippen LogP contribution in [0.1, 0.15) is 225 Å². The Morgan fingerprint density at radius 1 is 0.770 bits per heavy atom. The summed E-state index contributed by atoms with van der Waals surface area (Å²) in [5, 5.41) is 18.6. The number of ether oxygens (including phenoxy) is 2. The van der Waals surface area contributed by atoms with E-state index < -0.39 is 5.97 Å². The van der Waals surface area contributed by atoms with E-state index in [9.17, 15) is 9.90 Å². The number of methoxy groups -OCH3 is 1. The van der Waals surface area contributed by atoms with Gasteiger partial charge in [-0.2, -0.15) is 0 Å². The number of aliphatic carboxylic acids is 1. The third kappa shape index (κ3) is 27.5. The van der Waals surface area contributed by atoms with E-state index in [0.29, 0.717) is 12.2 Å². The number of hydrogen-bond acceptors (Lipinski definition) is 4. The minimum absolute atomic E-state index is 0.0637. The summed E-state index contributed by atoms with van der Waals surface area (Å²) in [6.45, 7) is 20.1. The summed E-state index contributed by atoms with van der Waals surface area (Å²) in [5.41, 5.74) is 4.36. The van der Waals surface area contributed by atoms with Crippen LogP contribution in [0.25, 0.3) is 6.08 Å². The van der Waals surface area contributed by atoms with Gasteiger partial charge >= 0.3 is 5.97 Å². The zero-order valence-corrected chi connectivity index (χ0v) is 41.2. The Hall–Kier alpha value is -3.21. The molecule has 5 heteroatoms. The number of phenolic OH excluding ortho intramolecular Hbond substituents is 1. The number of unbranched alkanes of at least 4 members (excludes halogenated alkanes) is 11. The van der Waals surface area contributed by atoms with Gasteiger partial charge in [-0.05, 0) is 144 Å². The maximum absolute atomic E-state index is 10.3. The van der Waals surface area contributed by atoms with Crippen LogP contribution in [0.2, 0.25) is 0 Å². The maximum atomic E-state index is 10.3. The second-order valence-corrected chi connectivity index (χ2v) is 19.0. The third-order valence-electron chi connectivity index (χ3n) is 12.6. The number of benzene rings is 2. The molecule has 2 aromatic rings. The average molecular weight is 847 g/mol. The highest BCUT2D eigenvalue weighted by Crippen LogP contribution is 2.42. The number of aromatic hydroxyl groups is 1. The highest BCUT2D eigenvalue weighted by atomic mass is 16.5. The average Bonchev–Trinajstić information content (AvgIpc) is 3.22. The van der Waals surface area contributed by atoms with E-state index >= 15 is 0 Å². The Bertz CT molecular complexity index is 1460. The van der Waals surface area contributed by atoms with Crippen LogP contribution in [-0.2, 0) is 11.2 Å². The molecular formula is C56H94O5. The quantitative estimate of drug-likeness (QED) is 0.0630. The van der Waals surface area contributed by atoms with E-state index in [1.54, 1.807) is 7.11 Å². The molecule has 0 aliphatic carbocycles. The first-order valence-electron chi connectivity index (χ1n) is 24.9. The van der Waals surface area contributed by atoms with Gasteiger partial charge in [-0.15, -0.1) is 0 Å². The largest absolute Gasteiger partial charge is 0.508 e. The van der Waals surface area contributed by atoms with E-state index in [0.717, 1.165) is 78.9 Å². The van der Waals surface area contributed by atoms with Gasteiger partial charge in [-0.25, -0.2) is 0 Å². The maximum Gasteiger partial charge on any atom is 0.303 e. The summed E-state index contributed by atoms with van der Waals surface area (Å²) in [7, 11) is 1.67. The molecule has 3 unspecified atom stereocenters. The van der Waals surface area contributed by atoms with Crippen molar-refractivity contribution in [2.24, 2.45) is 17.8 Å². The normalized spacial score (nSPS) is 15.7. The lowest BCUT2D eigenvalue weighted by molar-refractivity contribution is -0.137. The number of aryl methyl sites for hydroxylation is 1. The highest BCUT2D eigenvalue weighted by molar-refractivity contribution is 5.66. The van der Waals surface area contributed by atoms with Crippen molar-refractivity contribution in [1.29, 1.82) is 0 Å². The summed E-state index contributed by atoms with van der Waals surface area (Å²) in [6, 6.07) is 9.87. The third-order valence-corrected chi connectivity index (χ3v) is 12.6. The number of fused-ring (bicyclic) bond motifs is 1. The molecule has 0 saturated carbocycles. The van der Waals surface area contributed by atoms with Crippen molar-refractivity contribution < 1.29 is 24.5 Å². The van der Waals surface area contributed by atoms with Crippen LogP contribution in [0.5, 0.6) is 17.2 Å². The van der Waals surface area contributed by atoms with Gasteiger partial charge < -0.3 is 19.7 Å². The fourth-order valence-corrected chi connectivity index (χ4v) is 8.20. The Balaban J connectivity index is 0.000000513. The summed E-state index contributed by atoms with van der Waals surface area (Å²) < 4.78 is 11.5. The fourth-order valence-electron chi connectivity index (χ4n) is 8.20. The molecule has 2 aromatic carbocycles. The second kappa shape index (κ2) is 34.3. The number of carbonyl (C=O) groups is 1. The predicted molar refractivity (Wildman–Crippen MR) is 264 cm³/mol. The van der Waals surface area contributed by atoms with E-state index in [1.165, 1.54) is 127 Å². The first-order valence-corrected chi connectivity index (χ1v) is 24.9. The molecule has 348 valence electrons. The lowest BCUT2D eigenvalue weighted by atomic mass is 9.85. The summed E-state index contributed by atoms with van der Waals surface area (Å²) in [4.78, 5) is 10.3. The molecule has 0 bridgehead atoms. The SMILES string of the molecule is C/C=C/c1ccc(OC)cc1.CCCCCCCCCCC/C=C/CCCCC(=O)O.Cc1c(O)cc2c(c1C)OC(C)(CCCC(C)CCCC(C)CCCC(C)C)CC2. The summed E-state index contributed by atoms with van der Waals surface area (Å²) in [6.07, 6.45) is 39.4. The topological polar surface area (TPSA) is 76.0 Å². The van der Waals surface area contributed by atoms with Crippen molar-refractivity contribution >= 4 is 12.0 Å². The molecule has 61 heavy (non-hydrogen) atoms. The first-order chi connectivity index (χ1) is 29.2. The molecule has 2 N–H and O–H groups in total. The Morgan fingerprint density at radius 3 is 1.85 bits per heavy atom. The van der Waals surface area contributed by atoms with Gasteiger partial charge in [0.15, 0.2) is 0 Å². The number of carboxylic acids is 1. The molecule has 1 heterocycles. The molecule has 0 fully saturated rings. The number of carboxylic acid groups (broad SMARTS) is 1. The van der Waals surface area contributed by atoms with E-state index in [1.807, 2.05) is 50.3 Å². The van der Waals surface area contributed by atoms with Crippen LogP contribution in [0, 0.1) is 31.6 Å². The first kappa shape index (κ1) is 55.8. The van der Waals surface area contributed by atoms with Crippen LogP contribution < -0.4 is 9.47 Å². The van der Waals surface area contributed by atoms with Crippen molar-refractivity contribution in [3.05, 3.63) is 70.8 Å². The van der Waals surface area contributed by atoms with E-state index in [2.05, 4.69) is 66.7 Å². The van der Waals surface area contributed by atoms with Gasteiger partial charge in [0, 0.05) is 6.42 Å². The molecule has 1 aliphatic heterocycles. The van der Waals surface area contributed by atoms with Crippen molar-refractivity contribution in [2.75, 3.05) is 7.11 Å². The van der Waals surface area contributed by atoms with E-state index in [-0.39, 0.29) is 5.60 Å². The smallest absolute Gasteiger partial charge is 0.303 e. The standard InChI is InChI=1S/C28H48O2.C18H34O2.C10H12O/c1-20(2)11-8-12-21(3)13-9-14-22(4)15-10-17-28(7)18-16-25-19-26(29)23(5)24(6)27(25)30-28;1-2-3-4-5-6-7-8-9-10-11-12-13-14-15-16-17-18(19)20;1-3-4-9-5-7-10(11-2)8-6-9/h19-22,29H,8-18H2,1-7H3;12-13H,2-11,14-17H2,1H3,(H,19,20);3-8H,1-2H3/b;13-12+;4-3+. The Kier molecular flexibility index (Phi) is 31.4. The molecule has 0 aromatic heterocycles. The minimum atomic E-state index is -0.677. The van der Waals surface area contributed by atoms with Gasteiger partial charge in [0.1, 0.15) is 22.8 Å². The van der Waals surface area contributed by atoms with Crippen LogP contribution in [0.4, 0.5) is 0 Å². The summed E-state index contributed by atoms with van der Waals surface area (Å²) >= 11 is 0. The van der Waals surface area contributed by atoms with Crippen molar-refractivity contribution in [3.8, 4) is 17.2 Å². The van der Waals surface area contributed by atoms with Crippen LogP contribution in [0.15, 0.2) is 48.6 Å². The lowest BCUT2D eigenvalue weighted by Crippen LogP contribution is -2.36. The molecule has 0 amide bonds. The zero-order chi connectivity index (χ0) is 45.3. The Labute approximate surface area is 376 Å². The lowest BCUT2D eigenvalue weighted by Gasteiger charge is -2.37. The molecular weight excluding hydrogens is 753 g/mol. The molecule has 3 rings (SSSR count).